The van der Waals surface area contributed by atoms with Gasteiger partial charge >= 0.3 is 0 Å². The van der Waals surface area contributed by atoms with E-state index in [1.54, 1.807) is 24.3 Å². The van der Waals surface area contributed by atoms with Crippen LogP contribution >= 0.6 is 11.8 Å². The molecule has 0 fully saturated rings. The van der Waals surface area contributed by atoms with Gasteiger partial charge in [0.25, 0.3) is 5.91 Å². The average Bonchev–Trinajstić information content (AvgIpc) is 3.26. The van der Waals surface area contributed by atoms with Crippen molar-refractivity contribution in [3.05, 3.63) is 53.5 Å². The first-order valence-corrected chi connectivity index (χ1v) is 9.10. The van der Waals surface area contributed by atoms with Gasteiger partial charge in [0, 0.05) is 11.5 Å². The number of carbonyl (C=O) groups is 1. The van der Waals surface area contributed by atoms with Crippen LogP contribution in [-0.2, 0) is 4.79 Å². The van der Waals surface area contributed by atoms with E-state index in [9.17, 15) is 9.18 Å². The Bertz CT molecular complexity index is 1030. The molecule has 2 aliphatic rings. The van der Waals surface area contributed by atoms with Crippen molar-refractivity contribution in [3.8, 4) is 11.3 Å². The standard InChI is InChI=1S/C19H15FN4O2S/c1-10(2)18-23-24-16(21)14(17(25)22-19(24)27-18)9-13-7-8-15(26-13)11-3-5-12(20)6-4-11/h3-10,21H,1-2H3. The number of benzene rings is 1. The zero-order valence-corrected chi connectivity index (χ0v) is 15.4. The molecule has 1 aromatic heterocycles. The van der Waals surface area contributed by atoms with Gasteiger partial charge in [-0.25, -0.2) is 4.39 Å². The van der Waals surface area contributed by atoms with Crippen molar-refractivity contribution in [1.82, 2.24) is 5.01 Å². The van der Waals surface area contributed by atoms with E-state index in [4.69, 9.17) is 9.83 Å². The maximum absolute atomic E-state index is 13.1. The van der Waals surface area contributed by atoms with Crippen LogP contribution in [0, 0.1) is 17.1 Å². The molecule has 0 saturated heterocycles. The lowest BCUT2D eigenvalue weighted by Gasteiger charge is -2.19. The minimum atomic E-state index is -0.501. The number of hydrazone groups is 1. The molecular weight excluding hydrogens is 367 g/mol. The number of rotatable bonds is 3. The van der Waals surface area contributed by atoms with E-state index in [0.717, 1.165) is 5.04 Å². The van der Waals surface area contributed by atoms with Gasteiger partial charge in [-0.1, -0.05) is 13.8 Å². The first-order chi connectivity index (χ1) is 12.9. The number of amides is 1. The highest BCUT2D eigenvalue weighted by atomic mass is 32.2. The van der Waals surface area contributed by atoms with E-state index in [1.807, 2.05) is 13.8 Å². The fourth-order valence-corrected chi connectivity index (χ4v) is 3.47. The molecule has 27 heavy (non-hydrogen) atoms. The molecule has 0 atom stereocenters. The second-order valence-corrected chi connectivity index (χ2v) is 7.31. The lowest BCUT2D eigenvalue weighted by atomic mass is 10.1. The molecular formula is C19H15FN4O2S. The zero-order valence-electron chi connectivity index (χ0n) is 14.6. The van der Waals surface area contributed by atoms with E-state index >= 15 is 0 Å². The van der Waals surface area contributed by atoms with Gasteiger partial charge in [-0.15, -0.1) is 0 Å². The summed E-state index contributed by atoms with van der Waals surface area (Å²) in [7, 11) is 0. The first kappa shape index (κ1) is 17.4. The molecule has 0 bridgehead atoms. The Balaban J connectivity index is 1.64. The Hall–Kier alpha value is -3.00. The van der Waals surface area contributed by atoms with Crippen molar-refractivity contribution >= 4 is 39.8 Å². The van der Waals surface area contributed by atoms with E-state index in [0.29, 0.717) is 22.3 Å². The largest absolute Gasteiger partial charge is 0.457 e. The third kappa shape index (κ3) is 3.23. The molecule has 4 rings (SSSR count). The Morgan fingerprint density at radius 3 is 2.67 bits per heavy atom. The van der Waals surface area contributed by atoms with Crippen LogP contribution in [0.5, 0.6) is 0 Å². The number of halogens is 1. The molecule has 1 amide bonds. The van der Waals surface area contributed by atoms with Crippen LogP contribution < -0.4 is 0 Å². The zero-order chi connectivity index (χ0) is 19.1. The average molecular weight is 382 g/mol. The molecule has 0 radical (unpaired) electrons. The van der Waals surface area contributed by atoms with Crippen LogP contribution in [-0.4, -0.2) is 27.0 Å². The number of furan rings is 1. The van der Waals surface area contributed by atoms with E-state index in [1.165, 1.54) is 35.0 Å². The Kier molecular flexibility index (Phi) is 4.27. The molecule has 0 unspecified atom stereocenters. The first-order valence-electron chi connectivity index (χ1n) is 8.28. The number of nitrogens with one attached hydrogen (secondary N) is 1. The van der Waals surface area contributed by atoms with Crippen molar-refractivity contribution in [3.63, 3.8) is 0 Å². The van der Waals surface area contributed by atoms with Crippen molar-refractivity contribution in [2.75, 3.05) is 0 Å². The van der Waals surface area contributed by atoms with E-state index in [-0.39, 0.29) is 23.1 Å². The summed E-state index contributed by atoms with van der Waals surface area (Å²) in [6, 6.07) is 9.33. The smallest absolute Gasteiger partial charge is 0.283 e. The van der Waals surface area contributed by atoms with Crippen LogP contribution in [0.3, 0.4) is 0 Å². The third-order valence-corrected chi connectivity index (χ3v) is 5.22. The molecule has 0 spiro atoms. The maximum Gasteiger partial charge on any atom is 0.283 e. The van der Waals surface area contributed by atoms with Gasteiger partial charge in [0.15, 0.2) is 5.84 Å². The molecule has 136 valence electrons. The third-order valence-electron chi connectivity index (χ3n) is 4.01. The molecule has 3 heterocycles. The van der Waals surface area contributed by atoms with Crippen molar-refractivity contribution in [2.24, 2.45) is 16.0 Å². The molecule has 1 aromatic carbocycles. The summed E-state index contributed by atoms with van der Waals surface area (Å²) in [5, 5.41) is 15.3. The molecule has 0 aliphatic carbocycles. The van der Waals surface area contributed by atoms with Crippen molar-refractivity contribution in [2.45, 2.75) is 13.8 Å². The topological polar surface area (TPSA) is 82.0 Å². The minimum Gasteiger partial charge on any atom is -0.457 e. The number of carbonyl (C=O) groups excluding carboxylic acids is 1. The molecule has 1 N–H and O–H groups in total. The second kappa shape index (κ2) is 6.62. The van der Waals surface area contributed by atoms with Crippen LogP contribution in [0.2, 0.25) is 0 Å². The molecule has 2 aromatic rings. The summed E-state index contributed by atoms with van der Waals surface area (Å²) < 4.78 is 18.8. The highest BCUT2D eigenvalue weighted by Gasteiger charge is 2.36. The Morgan fingerprint density at radius 1 is 1.22 bits per heavy atom. The Morgan fingerprint density at radius 2 is 1.96 bits per heavy atom. The van der Waals surface area contributed by atoms with Crippen LogP contribution in [0.25, 0.3) is 17.4 Å². The van der Waals surface area contributed by atoms with E-state index < -0.39 is 5.91 Å². The summed E-state index contributed by atoms with van der Waals surface area (Å²) in [4.78, 5) is 16.4. The molecule has 6 nitrogen and oxygen atoms in total. The molecule has 8 heteroatoms. The van der Waals surface area contributed by atoms with Gasteiger partial charge < -0.3 is 4.42 Å². The second-order valence-electron chi connectivity index (χ2n) is 6.32. The number of nitrogens with zero attached hydrogens (tertiary/aromatic N) is 3. The molecule has 2 aliphatic heterocycles. The predicted molar refractivity (Wildman–Crippen MR) is 104 cm³/mol. The number of aliphatic imine (C=N–C) groups is 1. The van der Waals surface area contributed by atoms with Crippen LogP contribution in [0.1, 0.15) is 19.6 Å². The van der Waals surface area contributed by atoms with Gasteiger partial charge in [-0.05, 0) is 54.2 Å². The summed E-state index contributed by atoms with van der Waals surface area (Å²) in [5.74, 6) is 0.263. The monoisotopic (exact) mass is 382 g/mol. The van der Waals surface area contributed by atoms with Crippen molar-refractivity contribution < 1.29 is 13.6 Å². The van der Waals surface area contributed by atoms with E-state index in [2.05, 4.69) is 10.1 Å². The number of amidine groups is 2. The number of fused-ring (bicyclic) bond motifs is 1. The highest BCUT2D eigenvalue weighted by Crippen LogP contribution is 2.31. The lowest BCUT2D eigenvalue weighted by Crippen LogP contribution is -2.35. The van der Waals surface area contributed by atoms with Gasteiger partial charge in [0.1, 0.15) is 22.4 Å². The SMILES string of the molecule is CC(C)C1=NN2C(=N)C(=Cc3ccc(-c4ccc(F)cc4)o3)C(=O)N=C2S1. The van der Waals surface area contributed by atoms with Gasteiger partial charge in [-0.2, -0.15) is 15.1 Å². The Labute approximate surface area is 159 Å². The fraction of sp³-hybridized carbons (Fsp3) is 0.158. The highest BCUT2D eigenvalue weighted by molar-refractivity contribution is 8.27. The van der Waals surface area contributed by atoms with Crippen molar-refractivity contribution in [1.29, 1.82) is 5.41 Å². The van der Waals surface area contributed by atoms with Gasteiger partial charge in [0.05, 0.1) is 5.57 Å². The number of thioether (sulfide) groups is 1. The summed E-state index contributed by atoms with van der Waals surface area (Å²) in [5.41, 5.74) is 0.821. The van der Waals surface area contributed by atoms with Gasteiger partial charge in [-0.3, -0.25) is 10.2 Å². The van der Waals surface area contributed by atoms with Gasteiger partial charge in [0.2, 0.25) is 5.17 Å². The summed E-state index contributed by atoms with van der Waals surface area (Å²) >= 11 is 1.30. The summed E-state index contributed by atoms with van der Waals surface area (Å²) in [6.07, 6.45) is 1.48. The summed E-state index contributed by atoms with van der Waals surface area (Å²) in [6.45, 7) is 3.99. The minimum absolute atomic E-state index is 0.0344. The fourth-order valence-electron chi connectivity index (χ4n) is 2.58. The molecule has 0 saturated carbocycles. The lowest BCUT2D eigenvalue weighted by molar-refractivity contribution is -0.114. The predicted octanol–water partition coefficient (Wildman–Crippen LogP) is 4.36. The maximum atomic E-state index is 13.1. The number of hydrogen-bond acceptors (Lipinski definition) is 5. The quantitative estimate of drug-likeness (QED) is 0.800. The normalized spacial score (nSPS) is 18.2. The van der Waals surface area contributed by atoms with Crippen LogP contribution in [0.4, 0.5) is 4.39 Å². The van der Waals surface area contributed by atoms with Crippen LogP contribution in [0.15, 0.2) is 56.5 Å². The number of hydrogen-bond donors (Lipinski definition) is 1.